The third-order valence-electron chi connectivity index (χ3n) is 3.51. The smallest absolute Gasteiger partial charge is 0.0650 e. The van der Waals surface area contributed by atoms with Crippen LogP contribution in [0.3, 0.4) is 0 Å². The van der Waals surface area contributed by atoms with Crippen LogP contribution in [-0.2, 0) is 6.42 Å². The summed E-state index contributed by atoms with van der Waals surface area (Å²) in [4.78, 5) is 0. The summed E-state index contributed by atoms with van der Waals surface area (Å²) >= 11 is 0. The molecule has 2 unspecified atom stereocenters. The average Bonchev–Trinajstić information content (AvgIpc) is 2.15. The summed E-state index contributed by atoms with van der Waals surface area (Å²) in [5, 5.41) is 10.5. The van der Waals surface area contributed by atoms with Crippen molar-refractivity contribution in [2.24, 2.45) is 11.8 Å². The van der Waals surface area contributed by atoms with Gasteiger partial charge in [0.25, 0.3) is 0 Å². The van der Waals surface area contributed by atoms with Gasteiger partial charge in [-0.15, -0.1) is 0 Å². The van der Waals surface area contributed by atoms with Crippen molar-refractivity contribution in [2.45, 2.75) is 53.1 Å². The number of benzene rings is 1. The number of aryl methyl sites for hydroxylation is 1. The first kappa shape index (κ1) is 14.2. The quantitative estimate of drug-likeness (QED) is 0.817. The topological polar surface area (TPSA) is 20.2 Å². The van der Waals surface area contributed by atoms with E-state index in [2.05, 4.69) is 52.0 Å². The van der Waals surface area contributed by atoms with Crippen molar-refractivity contribution >= 4 is 0 Å². The van der Waals surface area contributed by atoms with Crippen molar-refractivity contribution in [3.63, 3.8) is 0 Å². The van der Waals surface area contributed by atoms with E-state index in [9.17, 15) is 5.11 Å². The molecular formula is C16H26O. The van der Waals surface area contributed by atoms with Crippen LogP contribution in [-0.4, -0.2) is 10.7 Å². The van der Waals surface area contributed by atoms with Gasteiger partial charge in [-0.1, -0.05) is 50.6 Å². The molecule has 1 nitrogen and oxygen atoms in total. The minimum absolute atomic E-state index is 0.284. The molecule has 0 bridgehead atoms. The van der Waals surface area contributed by atoms with E-state index in [1.807, 2.05) is 6.92 Å². The summed E-state index contributed by atoms with van der Waals surface area (Å²) in [5.74, 6) is 0.816. The van der Waals surface area contributed by atoms with Gasteiger partial charge < -0.3 is 5.11 Å². The minimum Gasteiger partial charge on any atom is -0.390 e. The summed E-state index contributed by atoms with van der Waals surface area (Å²) in [7, 11) is 0. The molecule has 0 saturated heterocycles. The van der Waals surface area contributed by atoms with Crippen LogP contribution in [0.5, 0.6) is 0 Å². The maximum absolute atomic E-state index is 10.5. The lowest BCUT2D eigenvalue weighted by Gasteiger charge is -2.32. The van der Waals surface area contributed by atoms with Crippen LogP contribution in [0.1, 0.15) is 45.2 Å². The molecule has 1 aromatic rings. The van der Waals surface area contributed by atoms with Gasteiger partial charge >= 0.3 is 0 Å². The Balaban J connectivity index is 2.68. The Morgan fingerprint density at radius 1 is 1.24 bits per heavy atom. The lowest BCUT2D eigenvalue weighted by molar-refractivity contribution is -0.0120. The highest BCUT2D eigenvalue weighted by molar-refractivity contribution is 5.22. The Kier molecular flexibility index (Phi) is 4.76. The second-order valence-electron chi connectivity index (χ2n) is 6.05. The molecule has 0 aromatic heterocycles. The first-order valence-corrected chi connectivity index (χ1v) is 6.59. The van der Waals surface area contributed by atoms with E-state index in [0.717, 1.165) is 12.8 Å². The average molecular weight is 234 g/mol. The minimum atomic E-state index is -0.572. The third kappa shape index (κ3) is 4.51. The van der Waals surface area contributed by atoms with Crippen LogP contribution in [0.2, 0.25) is 0 Å². The molecule has 0 aliphatic carbocycles. The number of rotatable bonds is 5. The first-order chi connectivity index (χ1) is 7.81. The number of hydrogen-bond acceptors (Lipinski definition) is 1. The van der Waals surface area contributed by atoms with Gasteiger partial charge in [0.15, 0.2) is 0 Å². The second-order valence-corrected chi connectivity index (χ2v) is 6.05. The van der Waals surface area contributed by atoms with E-state index in [4.69, 9.17) is 0 Å². The molecule has 96 valence electrons. The van der Waals surface area contributed by atoms with Gasteiger partial charge in [0.2, 0.25) is 0 Å². The summed E-state index contributed by atoms with van der Waals surface area (Å²) in [6.45, 7) is 10.5. The molecule has 0 saturated carbocycles. The van der Waals surface area contributed by atoms with Gasteiger partial charge in [-0.3, -0.25) is 0 Å². The van der Waals surface area contributed by atoms with Crippen LogP contribution >= 0.6 is 0 Å². The Morgan fingerprint density at radius 3 is 2.41 bits per heavy atom. The predicted molar refractivity (Wildman–Crippen MR) is 74.1 cm³/mol. The zero-order valence-electron chi connectivity index (χ0n) is 11.8. The maximum Gasteiger partial charge on any atom is 0.0650 e. The lowest BCUT2D eigenvalue weighted by atomic mass is 9.80. The molecule has 0 fully saturated rings. The van der Waals surface area contributed by atoms with E-state index < -0.39 is 5.60 Å². The fourth-order valence-electron chi connectivity index (χ4n) is 2.44. The van der Waals surface area contributed by atoms with Crippen LogP contribution in [0, 0.1) is 18.8 Å². The summed E-state index contributed by atoms with van der Waals surface area (Å²) in [5.41, 5.74) is 2.04. The van der Waals surface area contributed by atoms with Crippen molar-refractivity contribution in [2.75, 3.05) is 0 Å². The Morgan fingerprint density at radius 2 is 1.88 bits per heavy atom. The molecule has 0 heterocycles. The lowest BCUT2D eigenvalue weighted by Crippen LogP contribution is -2.35. The van der Waals surface area contributed by atoms with E-state index in [1.165, 1.54) is 11.1 Å². The normalized spacial score (nSPS) is 16.9. The highest BCUT2D eigenvalue weighted by atomic mass is 16.3. The summed E-state index contributed by atoms with van der Waals surface area (Å²) in [6, 6.07) is 8.56. The molecule has 0 aliphatic heterocycles. The molecule has 17 heavy (non-hydrogen) atoms. The molecule has 0 spiro atoms. The monoisotopic (exact) mass is 234 g/mol. The first-order valence-electron chi connectivity index (χ1n) is 6.59. The number of aliphatic hydroxyl groups is 1. The van der Waals surface area contributed by atoms with Crippen LogP contribution in [0.4, 0.5) is 0 Å². The van der Waals surface area contributed by atoms with Crippen molar-refractivity contribution in [3.05, 3.63) is 35.4 Å². The van der Waals surface area contributed by atoms with Gasteiger partial charge in [0.05, 0.1) is 5.60 Å². The Hall–Kier alpha value is -0.820. The predicted octanol–water partition coefficient (Wildman–Crippen LogP) is 3.97. The van der Waals surface area contributed by atoms with E-state index in [-0.39, 0.29) is 5.92 Å². The maximum atomic E-state index is 10.5. The fourth-order valence-corrected chi connectivity index (χ4v) is 2.44. The van der Waals surface area contributed by atoms with Crippen molar-refractivity contribution < 1.29 is 5.11 Å². The summed E-state index contributed by atoms with van der Waals surface area (Å²) in [6.07, 6.45) is 1.81. The van der Waals surface area contributed by atoms with Crippen molar-refractivity contribution in [1.29, 1.82) is 0 Å². The van der Waals surface area contributed by atoms with E-state index in [1.54, 1.807) is 0 Å². The highest BCUT2D eigenvalue weighted by Crippen LogP contribution is 2.27. The summed E-state index contributed by atoms with van der Waals surface area (Å²) < 4.78 is 0. The van der Waals surface area contributed by atoms with E-state index in [0.29, 0.717) is 5.92 Å². The standard InChI is InChI=1S/C16H26O/c1-12(2)11-16(5,17)14(4)10-15-8-6-7-13(3)9-15/h6-9,12,14,17H,10-11H2,1-5H3. The van der Waals surface area contributed by atoms with Gasteiger partial charge in [-0.25, -0.2) is 0 Å². The molecule has 0 amide bonds. The Bertz CT molecular complexity index is 352. The SMILES string of the molecule is Cc1cccc(CC(C)C(C)(O)CC(C)C)c1. The highest BCUT2D eigenvalue weighted by Gasteiger charge is 2.29. The van der Waals surface area contributed by atoms with Crippen LogP contribution in [0.15, 0.2) is 24.3 Å². The van der Waals surface area contributed by atoms with Crippen molar-refractivity contribution in [1.82, 2.24) is 0 Å². The van der Waals surface area contributed by atoms with Gasteiger partial charge in [0, 0.05) is 0 Å². The van der Waals surface area contributed by atoms with Crippen LogP contribution in [0.25, 0.3) is 0 Å². The third-order valence-corrected chi connectivity index (χ3v) is 3.51. The van der Waals surface area contributed by atoms with Gasteiger partial charge in [0.1, 0.15) is 0 Å². The largest absolute Gasteiger partial charge is 0.390 e. The van der Waals surface area contributed by atoms with Crippen LogP contribution < -0.4 is 0 Å². The van der Waals surface area contributed by atoms with Gasteiger partial charge in [-0.05, 0) is 44.1 Å². The van der Waals surface area contributed by atoms with Crippen molar-refractivity contribution in [3.8, 4) is 0 Å². The number of hydrogen-bond donors (Lipinski definition) is 1. The zero-order valence-corrected chi connectivity index (χ0v) is 11.8. The Labute approximate surface area is 106 Å². The molecule has 0 radical (unpaired) electrons. The molecule has 1 N–H and O–H groups in total. The molecule has 0 aliphatic rings. The molecule has 1 rings (SSSR count). The molecule has 2 atom stereocenters. The second kappa shape index (κ2) is 5.68. The zero-order chi connectivity index (χ0) is 13.1. The molecule has 1 heteroatoms. The fraction of sp³-hybridized carbons (Fsp3) is 0.625. The molecular weight excluding hydrogens is 208 g/mol. The molecule has 1 aromatic carbocycles. The van der Waals surface area contributed by atoms with E-state index >= 15 is 0 Å². The van der Waals surface area contributed by atoms with Gasteiger partial charge in [-0.2, -0.15) is 0 Å².